The van der Waals surface area contributed by atoms with Gasteiger partial charge in [0.15, 0.2) is 5.78 Å². The lowest BCUT2D eigenvalue weighted by molar-refractivity contribution is -0.116. The molecule has 132 valence electrons. The molecule has 0 bridgehead atoms. The Labute approximate surface area is 155 Å². The first-order valence-corrected chi connectivity index (χ1v) is 9.53. The number of pyridine rings is 1. The Balaban J connectivity index is 1.76. The molecule has 0 unspecified atom stereocenters. The first-order chi connectivity index (χ1) is 12.6. The van der Waals surface area contributed by atoms with Crippen LogP contribution in [0.3, 0.4) is 0 Å². The van der Waals surface area contributed by atoms with Gasteiger partial charge in [0.2, 0.25) is 0 Å². The Morgan fingerprint density at radius 2 is 2.15 bits per heavy atom. The first kappa shape index (κ1) is 16.7. The number of anilines is 1. The van der Waals surface area contributed by atoms with Gasteiger partial charge in [0.05, 0.1) is 5.92 Å². The Kier molecular flexibility index (Phi) is 4.42. The average Bonchev–Trinajstić information content (AvgIpc) is 3.16. The normalized spacial score (nSPS) is 19.9. The van der Waals surface area contributed by atoms with Crippen LogP contribution in [-0.4, -0.2) is 16.7 Å². The topological polar surface area (TPSA) is 71.1 Å². The Morgan fingerprint density at radius 1 is 1.27 bits per heavy atom. The van der Waals surface area contributed by atoms with Crippen LogP contribution in [0, 0.1) is 0 Å². The van der Waals surface area contributed by atoms with Gasteiger partial charge in [-0.2, -0.15) is 0 Å². The van der Waals surface area contributed by atoms with Crippen molar-refractivity contribution < 1.29 is 9.59 Å². The number of thiophene rings is 1. The third-order valence-corrected chi connectivity index (χ3v) is 5.69. The number of dihydropyridines is 1. The van der Waals surface area contributed by atoms with Crippen LogP contribution in [0.4, 0.5) is 5.82 Å². The summed E-state index contributed by atoms with van der Waals surface area (Å²) in [5, 5.41) is 8.17. The first-order valence-electron chi connectivity index (χ1n) is 8.65. The van der Waals surface area contributed by atoms with Crippen molar-refractivity contribution >= 4 is 28.8 Å². The summed E-state index contributed by atoms with van der Waals surface area (Å²) >= 11 is 1.57. The van der Waals surface area contributed by atoms with E-state index in [4.69, 9.17) is 0 Å². The van der Waals surface area contributed by atoms with Crippen molar-refractivity contribution in [3.05, 3.63) is 69.3 Å². The van der Waals surface area contributed by atoms with Crippen molar-refractivity contribution in [2.24, 2.45) is 0 Å². The molecule has 0 saturated heterocycles. The smallest absolute Gasteiger partial charge is 0.255 e. The lowest BCUT2D eigenvalue weighted by Crippen LogP contribution is -2.35. The van der Waals surface area contributed by atoms with Crippen molar-refractivity contribution in [1.29, 1.82) is 0 Å². The molecule has 0 saturated carbocycles. The van der Waals surface area contributed by atoms with E-state index in [1.807, 2.05) is 30.5 Å². The Morgan fingerprint density at radius 3 is 2.88 bits per heavy atom. The predicted octanol–water partition coefficient (Wildman–Crippen LogP) is 3.75. The van der Waals surface area contributed by atoms with Crippen LogP contribution in [0.2, 0.25) is 0 Å². The van der Waals surface area contributed by atoms with E-state index in [1.54, 1.807) is 29.7 Å². The van der Waals surface area contributed by atoms with E-state index in [0.29, 0.717) is 17.8 Å². The zero-order valence-electron chi connectivity index (χ0n) is 14.4. The molecule has 0 radical (unpaired) electrons. The van der Waals surface area contributed by atoms with E-state index < -0.39 is 0 Å². The average molecular weight is 365 g/mol. The molecule has 6 heteroatoms. The Bertz CT molecular complexity index is 914. The highest BCUT2D eigenvalue weighted by Gasteiger charge is 2.38. The number of allylic oxidation sites excluding steroid dienone is 3. The molecule has 2 aromatic rings. The summed E-state index contributed by atoms with van der Waals surface area (Å²) in [4.78, 5) is 31.0. The predicted molar refractivity (Wildman–Crippen MR) is 102 cm³/mol. The lowest BCUT2D eigenvalue weighted by atomic mass is 9.77. The summed E-state index contributed by atoms with van der Waals surface area (Å²) in [5.74, 6) is 0.0880. The van der Waals surface area contributed by atoms with Crippen LogP contribution >= 0.6 is 11.3 Å². The molecule has 0 spiro atoms. The van der Waals surface area contributed by atoms with Crippen molar-refractivity contribution in [2.45, 2.75) is 32.1 Å². The molecular weight excluding hydrogens is 346 g/mol. The minimum Gasteiger partial charge on any atom is -0.362 e. The number of carbonyl (C=O) groups is 2. The number of aromatic nitrogens is 1. The zero-order chi connectivity index (χ0) is 18.1. The van der Waals surface area contributed by atoms with Gasteiger partial charge in [0, 0.05) is 40.0 Å². The van der Waals surface area contributed by atoms with Gasteiger partial charge in [-0.25, -0.2) is 4.98 Å². The minimum atomic E-state index is -0.317. The molecule has 2 aromatic heterocycles. The number of hydrogen-bond acceptors (Lipinski definition) is 5. The molecule has 2 aliphatic rings. The maximum atomic E-state index is 13.1. The van der Waals surface area contributed by atoms with Gasteiger partial charge in [-0.15, -0.1) is 11.3 Å². The van der Waals surface area contributed by atoms with E-state index in [2.05, 4.69) is 15.6 Å². The fraction of sp³-hybridized carbons (Fsp3) is 0.250. The standard InChI is InChI=1S/C20H19N3O2S/c1-12-17(20(25)23-16-9-2-3-10-21-16)19(15-8-5-11-26-15)18-13(22-12)6-4-7-14(18)24/h2-3,5,8-11,19,22H,4,6-7H2,1H3,(H,21,23,25)/t19-/m1/s1. The molecule has 0 fully saturated rings. The van der Waals surface area contributed by atoms with E-state index >= 15 is 0 Å². The quantitative estimate of drug-likeness (QED) is 0.869. The van der Waals surface area contributed by atoms with Crippen molar-refractivity contribution in [3.63, 3.8) is 0 Å². The van der Waals surface area contributed by atoms with Crippen LogP contribution in [0.15, 0.2) is 64.4 Å². The number of nitrogens with zero attached hydrogens (tertiary/aromatic N) is 1. The van der Waals surface area contributed by atoms with Crippen LogP contribution < -0.4 is 10.6 Å². The summed E-state index contributed by atoms with van der Waals surface area (Å²) in [6, 6.07) is 9.33. The highest BCUT2D eigenvalue weighted by molar-refractivity contribution is 7.10. The molecule has 1 amide bonds. The number of nitrogens with one attached hydrogen (secondary N) is 2. The summed E-state index contributed by atoms with van der Waals surface area (Å²) in [6.07, 6.45) is 3.87. The number of Topliss-reactive ketones (excluding diaryl/α,β-unsaturated/α-hetero) is 1. The molecule has 1 aliphatic carbocycles. The second-order valence-corrected chi connectivity index (χ2v) is 7.43. The summed E-state index contributed by atoms with van der Waals surface area (Å²) < 4.78 is 0. The van der Waals surface area contributed by atoms with E-state index in [0.717, 1.165) is 34.7 Å². The number of rotatable bonds is 3. The third-order valence-electron chi connectivity index (χ3n) is 4.75. The zero-order valence-corrected chi connectivity index (χ0v) is 15.2. The molecular formula is C20H19N3O2S. The molecule has 2 N–H and O–H groups in total. The third kappa shape index (κ3) is 2.97. The van der Waals surface area contributed by atoms with Crippen molar-refractivity contribution in [1.82, 2.24) is 10.3 Å². The summed E-state index contributed by atoms with van der Waals surface area (Å²) in [7, 11) is 0. The molecule has 1 atom stereocenters. The largest absolute Gasteiger partial charge is 0.362 e. The number of hydrogen-bond donors (Lipinski definition) is 2. The van der Waals surface area contributed by atoms with Gasteiger partial charge < -0.3 is 10.6 Å². The molecule has 0 aromatic carbocycles. The van der Waals surface area contributed by atoms with Crippen LogP contribution in [-0.2, 0) is 9.59 Å². The van der Waals surface area contributed by atoms with Crippen molar-refractivity contribution in [3.8, 4) is 0 Å². The molecule has 26 heavy (non-hydrogen) atoms. The van der Waals surface area contributed by atoms with E-state index in [1.165, 1.54) is 0 Å². The Hall–Kier alpha value is -2.73. The van der Waals surface area contributed by atoms with Gasteiger partial charge in [-0.05, 0) is 43.3 Å². The van der Waals surface area contributed by atoms with Crippen LogP contribution in [0.1, 0.15) is 37.0 Å². The number of amides is 1. The maximum Gasteiger partial charge on any atom is 0.255 e. The molecule has 1 aliphatic heterocycles. The van der Waals surface area contributed by atoms with Gasteiger partial charge in [-0.1, -0.05) is 12.1 Å². The van der Waals surface area contributed by atoms with Gasteiger partial charge >= 0.3 is 0 Å². The minimum absolute atomic E-state index is 0.132. The van der Waals surface area contributed by atoms with Gasteiger partial charge in [0.1, 0.15) is 5.82 Å². The highest BCUT2D eigenvalue weighted by Crippen LogP contribution is 2.43. The molecule has 3 heterocycles. The summed E-state index contributed by atoms with van der Waals surface area (Å²) in [6.45, 7) is 1.90. The van der Waals surface area contributed by atoms with E-state index in [9.17, 15) is 9.59 Å². The SMILES string of the molecule is CC1=C(C(=O)Nc2ccccn2)[C@@H](c2cccs2)C2=C(CCCC2=O)N1. The van der Waals surface area contributed by atoms with Crippen LogP contribution in [0.5, 0.6) is 0 Å². The second-order valence-electron chi connectivity index (χ2n) is 6.45. The fourth-order valence-corrected chi connectivity index (χ4v) is 4.49. The van der Waals surface area contributed by atoms with Gasteiger partial charge in [-0.3, -0.25) is 9.59 Å². The second kappa shape index (κ2) is 6.88. The summed E-state index contributed by atoms with van der Waals surface area (Å²) in [5.41, 5.74) is 3.10. The lowest BCUT2D eigenvalue weighted by Gasteiger charge is -2.33. The number of carbonyl (C=O) groups excluding carboxylic acids is 2. The van der Waals surface area contributed by atoms with Crippen molar-refractivity contribution in [2.75, 3.05) is 5.32 Å². The van der Waals surface area contributed by atoms with E-state index in [-0.39, 0.29) is 17.6 Å². The highest BCUT2D eigenvalue weighted by atomic mass is 32.1. The monoisotopic (exact) mass is 365 g/mol. The molecule has 4 rings (SSSR count). The maximum absolute atomic E-state index is 13.1. The van der Waals surface area contributed by atoms with Crippen LogP contribution in [0.25, 0.3) is 0 Å². The fourth-order valence-electron chi connectivity index (χ4n) is 3.64. The molecule has 5 nitrogen and oxygen atoms in total. The van der Waals surface area contributed by atoms with Gasteiger partial charge in [0.25, 0.3) is 5.91 Å². The number of ketones is 1.